The van der Waals surface area contributed by atoms with E-state index in [9.17, 15) is 9.59 Å². The van der Waals surface area contributed by atoms with Crippen LogP contribution in [-0.4, -0.2) is 63.7 Å². The molecule has 114 valence electrons. The Kier molecular flexibility index (Phi) is 12.5. The van der Waals surface area contributed by atoms with Crippen LogP contribution in [0.1, 0.15) is 26.7 Å². The molecule has 0 aromatic heterocycles. The smallest absolute Gasteiger partial charge is 0.323 e. The minimum Gasteiger partial charge on any atom is -0.480 e. The third-order valence-electron chi connectivity index (χ3n) is 2.16. The van der Waals surface area contributed by atoms with Crippen LogP contribution in [0.5, 0.6) is 0 Å². The summed E-state index contributed by atoms with van der Waals surface area (Å²) >= 11 is 0. The van der Waals surface area contributed by atoms with Gasteiger partial charge in [-0.2, -0.15) is 0 Å². The maximum absolute atomic E-state index is 10.4. The fourth-order valence-electron chi connectivity index (χ4n) is 0.967. The predicted octanol–water partition coefficient (Wildman–Crippen LogP) is -1.40. The van der Waals surface area contributed by atoms with Crippen molar-refractivity contribution < 1.29 is 30.0 Å². The van der Waals surface area contributed by atoms with Crippen LogP contribution >= 0.6 is 0 Å². The summed E-state index contributed by atoms with van der Waals surface area (Å²) in [6.45, 7) is 3.88. The maximum Gasteiger partial charge on any atom is 0.323 e. The first-order valence-corrected chi connectivity index (χ1v) is 6.01. The molecule has 8 heteroatoms. The summed E-state index contributed by atoms with van der Waals surface area (Å²) in [4.78, 5) is 20.3. The first kappa shape index (κ1) is 20.1. The quantitative estimate of drug-likeness (QED) is 0.317. The van der Waals surface area contributed by atoms with E-state index in [1.807, 2.05) is 6.92 Å². The van der Waals surface area contributed by atoms with Gasteiger partial charge in [-0.3, -0.25) is 9.59 Å². The van der Waals surface area contributed by atoms with Crippen LogP contribution in [0.15, 0.2) is 0 Å². The van der Waals surface area contributed by atoms with Gasteiger partial charge in [0, 0.05) is 6.61 Å². The number of hydrogen-bond donors (Lipinski definition) is 6. The number of nitrogens with two attached hydrogens (primary N) is 1. The number of hydrogen-bond acceptors (Lipinski definition) is 6. The molecule has 8 nitrogen and oxygen atoms in total. The second kappa shape index (κ2) is 11.8. The summed E-state index contributed by atoms with van der Waals surface area (Å²) in [5.41, 5.74) is 4.91. The molecule has 0 heterocycles. The van der Waals surface area contributed by atoms with Crippen molar-refractivity contribution in [3.8, 4) is 0 Å². The summed E-state index contributed by atoms with van der Waals surface area (Å²) in [5.74, 6) is -2.08. The molecule has 0 saturated heterocycles. The third-order valence-corrected chi connectivity index (χ3v) is 2.16. The van der Waals surface area contributed by atoms with E-state index in [1.54, 1.807) is 0 Å². The Morgan fingerprint density at radius 2 is 1.79 bits per heavy atom. The van der Waals surface area contributed by atoms with Crippen LogP contribution in [0.25, 0.3) is 0 Å². The van der Waals surface area contributed by atoms with Crippen molar-refractivity contribution in [1.82, 2.24) is 5.32 Å². The molecule has 0 fully saturated rings. The highest BCUT2D eigenvalue weighted by molar-refractivity contribution is 5.73. The van der Waals surface area contributed by atoms with Gasteiger partial charge in [-0.25, -0.2) is 0 Å². The van der Waals surface area contributed by atoms with Gasteiger partial charge in [0.2, 0.25) is 0 Å². The van der Waals surface area contributed by atoms with E-state index < -0.39 is 30.1 Å². The average Bonchev–Trinajstić information content (AvgIpc) is 2.33. The highest BCUT2D eigenvalue weighted by Crippen LogP contribution is 1.90. The topological polar surface area (TPSA) is 153 Å². The van der Waals surface area contributed by atoms with E-state index in [0.29, 0.717) is 6.54 Å². The molecule has 0 unspecified atom stereocenters. The van der Waals surface area contributed by atoms with Gasteiger partial charge in [0.25, 0.3) is 0 Å². The van der Waals surface area contributed by atoms with Crippen LogP contribution in [0, 0.1) is 0 Å². The van der Waals surface area contributed by atoms with E-state index in [0.717, 1.165) is 6.42 Å². The fraction of sp³-hybridized carbons (Fsp3) is 0.818. The summed E-state index contributed by atoms with van der Waals surface area (Å²) in [7, 11) is 0. The van der Waals surface area contributed by atoms with Gasteiger partial charge in [0.15, 0.2) is 0 Å². The average molecular weight is 280 g/mol. The minimum absolute atomic E-state index is 0.0896. The van der Waals surface area contributed by atoms with E-state index in [2.05, 4.69) is 5.32 Å². The Balaban J connectivity index is 0. The van der Waals surface area contributed by atoms with Crippen molar-refractivity contribution in [2.75, 3.05) is 13.2 Å². The Morgan fingerprint density at radius 3 is 2.00 bits per heavy atom. The number of aliphatic carboxylic acids is 2. The lowest BCUT2D eigenvalue weighted by atomic mass is 10.2. The molecule has 0 amide bonds. The Bertz CT molecular complexity index is 260. The molecule has 0 rings (SSSR count). The van der Waals surface area contributed by atoms with Crippen molar-refractivity contribution in [3.05, 3.63) is 0 Å². The van der Waals surface area contributed by atoms with Gasteiger partial charge in [-0.1, -0.05) is 6.92 Å². The normalized spacial score (nSPS) is 14.8. The summed E-state index contributed by atoms with van der Waals surface area (Å²) < 4.78 is 0. The molecule has 19 heavy (non-hydrogen) atoms. The minimum atomic E-state index is -1.18. The molecule has 0 radical (unpaired) electrons. The molecule has 0 spiro atoms. The van der Waals surface area contributed by atoms with E-state index in [4.69, 9.17) is 26.2 Å². The maximum atomic E-state index is 10.4. The number of aliphatic hydroxyl groups excluding tert-OH is 2. The van der Waals surface area contributed by atoms with Crippen molar-refractivity contribution in [2.45, 2.75) is 44.9 Å². The van der Waals surface area contributed by atoms with Gasteiger partial charge >= 0.3 is 11.9 Å². The van der Waals surface area contributed by atoms with Crippen molar-refractivity contribution >= 4 is 11.9 Å². The van der Waals surface area contributed by atoms with Gasteiger partial charge < -0.3 is 31.5 Å². The monoisotopic (exact) mass is 280 g/mol. The largest absolute Gasteiger partial charge is 0.480 e. The number of carbonyl (C=O) groups is 2. The highest BCUT2D eigenvalue weighted by atomic mass is 16.4. The molecule has 0 saturated carbocycles. The first-order chi connectivity index (χ1) is 8.77. The lowest BCUT2D eigenvalue weighted by molar-refractivity contribution is -0.141. The number of rotatable bonds is 8. The Morgan fingerprint density at radius 1 is 1.26 bits per heavy atom. The zero-order valence-electron chi connectivity index (χ0n) is 11.2. The highest BCUT2D eigenvalue weighted by Gasteiger charge is 2.16. The molecule has 0 aromatic rings. The SMILES string of the molecule is CCCN[C@@H](CCO)C(=O)O.C[C@@H](O)[C@H](N)C(=O)O. The van der Waals surface area contributed by atoms with Gasteiger partial charge in [-0.15, -0.1) is 0 Å². The van der Waals surface area contributed by atoms with Gasteiger partial charge in [-0.05, 0) is 26.3 Å². The lowest BCUT2D eigenvalue weighted by Crippen LogP contribution is -2.39. The van der Waals surface area contributed by atoms with E-state index >= 15 is 0 Å². The second-order valence-corrected chi connectivity index (χ2v) is 3.96. The first-order valence-electron chi connectivity index (χ1n) is 6.01. The molecule has 0 aromatic carbocycles. The van der Waals surface area contributed by atoms with Crippen molar-refractivity contribution in [2.24, 2.45) is 5.73 Å². The van der Waals surface area contributed by atoms with Crippen molar-refractivity contribution in [1.29, 1.82) is 0 Å². The summed E-state index contributed by atoms with van der Waals surface area (Å²) in [6, 6.07) is -1.75. The predicted molar refractivity (Wildman–Crippen MR) is 68.7 cm³/mol. The molecule has 7 N–H and O–H groups in total. The summed E-state index contributed by atoms with van der Waals surface area (Å²) in [5, 5.41) is 36.4. The Hall–Kier alpha value is -1.22. The van der Waals surface area contributed by atoms with E-state index in [-0.39, 0.29) is 13.0 Å². The molecule has 3 atom stereocenters. The summed E-state index contributed by atoms with van der Waals surface area (Å²) in [6.07, 6.45) is 0.192. The van der Waals surface area contributed by atoms with Crippen molar-refractivity contribution in [3.63, 3.8) is 0 Å². The number of aliphatic hydroxyl groups is 2. The van der Waals surface area contributed by atoms with Gasteiger partial charge in [0.1, 0.15) is 12.1 Å². The lowest BCUT2D eigenvalue weighted by Gasteiger charge is -2.11. The van der Waals surface area contributed by atoms with Crippen LogP contribution < -0.4 is 11.1 Å². The van der Waals surface area contributed by atoms with Crippen LogP contribution in [-0.2, 0) is 9.59 Å². The number of carboxylic acids is 2. The van der Waals surface area contributed by atoms with Crippen LogP contribution in [0.4, 0.5) is 0 Å². The number of nitrogens with one attached hydrogen (secondary N) is 1. The zero-order valence-corrected chi connectivity index (χ0v) is 11.2. The molecular formula is C11H24N2O6. The van der Waals surface area contributed by atoms with Crippen LogP contribution in [0.2, 0.25) is 0 Å². The zero-order chi connectivity index (χ0) is 15.4. The molecule has 0 aliphatic carbocycles. The third kappa shape index (κ3) is 11.6. The fourth-order valence-corrected chi connectivity index (χ4v) is 0.967. The standard InChI is InChI=1S/C7H15NO3.C4H9NO3/c1-2-4-8-6(3-5-9)7(10)11;1-2(6)3(5)4(7)8/h6,8-9H,2-5H2,1H3,(H,10,11);2-3,6H,5H2,1H3,(H,7,8)/t6-;2-,3+/m01/s1. The van der Waals surface area contributed by atoms with Gasteiger partial charge in [0.05, 0.1) is 6.10 Å². The molecule has 0 aliphatic rings. The second-order valence-electron chi connectivity index (χ2n) is 3.96. The van der Waals surface area contributed by atoms with E-state index in [1.165, 1.54) is 6.92 Å². The number of carboxylic acid groups (broad SMARTS) is 2. The van der Waals surface area contributed by atoms with Crippen LogP contribution in [0.3, 0.4) is 0 Å². The molecule has 0 aliphatic heterocycles. The molecular weight excluding hydrogens is 256 g/mol. The Labute approximate surface area is 112 Å². The molecule has 0 bridgehead atoms.